The van der Waals surface area contributed by atoms with Gasteiger partial charge in [-0.15, -0.1) is 0 Å². The molecule has 2 rings (SSSR count). The van der Waals surface area contributed by atoms with E-state index in [1.54, 1.807) is 12.1 Å². The highest BCUT2D eigenvalue weighted by Gasteiger charge is 2.08. The molecule has 0 saturated heterocycles. The summed E-state index contributed by atoms with van der Waals surface area (Å²) < 4.78 is 1.94. The van der Waals surface area contributed by atoms with E-state index in [2.05, 4.69) is 0 Å². The molecule has 2 N–H and O–H groups in total. The number of hydrogen-bond donors (Lipinski definition) is 2. The molecule has 84 valence electrons. The van der Waals surface area contributed by atoms with Gasteiger partial charge in [0.1, 0.15) is 5.75 Å². The van der Waals surface area contributed by atoms with Gasteiger partial charge in [0, 0.05) is 30.6 Å². The van der Waals surface area contributed by atoms with Gasteiger partial charge in [-0.25, -0.2) is 0 Å². The number of carbonyl (C=O) groups is 1. The molecule has 0 saturated carbocycles. The van der Waals surface area contributed by atoms with E-state index in [1.165, 1.54) is 0 Å². The van der Waals surface area contributed by atoms with Crippen molar-refractivity contribution in [3.8, 4) is 5.75 Å². The Hall–Kier alpha value is -1.97. The van der Waals surface area contributed by atoms with Gasteiger partial charge in [0.15, 0.2) is 0 Å². The van der Waals surface area contributed by atoms with Crippen molar-refractivity contribution in [3.05, 3.63) is 30.0 Å². The third kappa shape index (κ3) is 1.86. The molecule has 4 nitrogen and oxygen atoms in total. The van der Waals surface area contributed by atoms with Crippen molar-refractivity contribution >= 4 is 16.9 Å². The van der Waals surface area contributed by atoms with Crippen LogP contribution in [0.4, 0.5) is 0 Å². The summed E-state index contributed by atoms with van der Waals surface area (Å²) in [4.78, 5) is 10.5. The van der Waals surface area contributed by atoms with Crippen LogP contribution in [0.2, 0.25) is 0 Å². The molecule has 0 atom stereocenters. The van der Waals surface area contributed by atoms with Gasteiger partial charge in [-0.05, 0) is 30.2 Å². The zero-order valence-electron chi connectivity index (χ0n) is 8.97. The highest BCUT2D eigenvalue weighted by molar-refractivity contribution is 5.85. The number of carboxylic acid groups (broad SMARTS) is 1. The van der Waals surface area contributed by atoms with E-state index in [0.29, 0.717) is 6.42 Å². The topological polar surface area (TPSA) is 62.5 Å². The molecule has 1 aromatic carbocycles. The van der Waals surface area contributed by atoms with Crippen molar-refractivity contribution in [3.63, 3.8) is 0 Å². The summed E-state index contributed by atoms with van der Waals surface area (Å²) in [6.45, 7) is 0. The number of aryl methyl sites for hydroxylation is 2. The lowest BCUT2D eigenvalue weighted by Crippen LogP contribution is -1.96. The number of aromatic nitrogens is 1. The van der Waals surface area contributed by atoms with Crippen molar-refractivity contribution < 1.29 is 15.0 Å². The second kappa shape index (κ2) is 3.89. The van der Waals surface area contributed by atoms with Gasteiger partial charge in [-0.1, -0.05) is 0 Å². The quantitative estimate of drug-likeness (QED) is 0.828. The lowest BCUT2D eigenvalue weighted by atomic mass is 10.1. The summed E-state index contributed by atoms with van der Waals surface area (Å²) >= 11 is 0. The van der Waals surface area contributed by atoms with Crippen molar-refractivity contribution in [1.29, 1.82) is 0 Å². The third-order valence-corrected chi connectivity index (χ3v) is 2.66. The zero-order chi connectivity index (χ0) is 11.7. The Morgan fingerprint density at radius 1 is 1.44 bits per heavy atom. The molecule has 0 spiro atoms. The van der Waals surface area contributed by atoms with E-state index in [4.69, 9.17) is 5.11 Å². The number of benzene rings is 1. The fraction of sp³-hybridized carbons (Fsp3) is 0.250. The predicted molar refractivity (Wildman–Crippen MR) is 60.5 cm³/mol. The zero-order valence-corrected chi connectivity index (χ0v) is 8.97. The van der Waals surface area contributed by atoms with Crippen LogP contribution < -0.4 is 0 Å². The number of hydrogen-bond acceptors (Lipinski definition) is 2. The van der Waals surface area contributed by atoms with Gasteiger partial charge in [-0.3, -0.25) is 4.79 Å². The molecule has 0 aliphatic carbocycles. The highest BCUT2D eigenvalue weighted by atomic mass is 16.4. The van der Waals surface area contributed by atoms with Gasteiger partial charge in [0.05, 0.1) is 0 Å². The van der Waals surface area contributed by atoms with Gasteiger partial charge in [-0.2, -0.15) is 0 Å². The minimum atomic E-state index is -0.808. The highest BCUT2D eigenvalue weighted by Crippen LogP contribution is 2.25. The van der Waals surface area contributed by atoms with Crippen LogP contribution >= 0.6 is 0 Å². The third-order valence-electron chi connectivity index (χ3n) is 2.66. The first-order chi connectivity index (χ1) is 7.58. The Bertz CT molecular complexity index is 542. The van der Waals surface area contributed by atoms with Gasteiger partial charge in [0.2, 0.25) is 0 Å². The molecular weight excluding hydrogens is 206 g/mol. The smallest absolute Gasteiger partial charge is 0.303 e. The van der Waals surface area contributed by atoms with E-state index in [-0.39, 0.29) is 12.2 Å². The molecule has 0 aliphatic heterocycles. The minimum Gasteiger partial charge on any atom is -0.508 e. The molecule has 0 radical (unpaired) electrons. The minimum absolute atomic E-state index is 0.106. The molecule has 0 amide bonds. The number of carboxylic acids is 1. The average Bonchev–Trinajstić information content (AvgIpc) is 2.52. The first kappa shape index (κ1) is 10.5. The van der Waals surface area contributed by atoms with Crippen molar-refractivity contribution in [2.45, 2.75) is 12.8 Å². The summed E-state index contributed by atoms with van der Waals surface area (Å²) in [5, 5.41) is 19.0. The largest absolute Gasteiger partial charge is 0.508 e. The molecule has 1 aromatic heterocycles. The summed E-state index contributed by atoms with van der Waals surface area (Å²) in [5.41, 5.74) is 1.95. The number of phenols is 1. The Balaban J connectivity index is 2.44. The Morgan fingerprint density at radius 2 is 2.19 bits per heavy atom. The Morgan fingerprint density at radius 3 is 2.88 bits per heavy atom. The SMILES string of the molecule is Cn1cc(CCC(=O)O)c2cc(O)ccc21. The summed E-state index contributed by atoms with van der Waals surface area (Å²) in [5.74, 6) is -0.604. The summed E-state index contributed by atoms with van der Waals surface area (Å²) in [7, 11) is 1.91. The second-order valence-corrected chi connectivity index (χ2v) is 3.86. The average molecular weight is 219 g/mol. The van der Waals surface area contributed by atoms with E-state index in [0.717, 1.165) is 16.5 Å². The standard InChI is InChI=1S/C12H13NO3/c1-13-7-8(2-5-12(15)16)10-6-9(14)3-4-11(10)13/h3-4,6-7,14H,2,5H2,1H3,(H,15,16). The fourth-order valence-corrected chi connectivity index (χ4v) is 1.90. The number of fused-ring (bicyclic) bond motifs is 1. The number of nitrogens with zero attached hydrogens (tertiary/aromatic N) is 1. The van der Waals surface area contributed by atoms with Gasteiger partial charge >= 0.3 is 5.97 Å². The van der Waals surface area contributed by atoms with Crippen LogP contribution in [-0.4, -0.2) is 20.7 Å². The predicted octanol–water partition coefficient (Wildman–Crippen LogP) is 1.90. The molecule has 0 fully saturated rings. The monoisotopic (exact) mass is 219 g/mol. The van der Waals surface area contributed by atoms with Crippen LogP contribution in [0.3, 0.4) is 0 Å². The molecule has 2 aromatic rings. The lowest BCUT2D eigenvalue weighted by molar-refractivity contribution is -0.136. The van der Waals surface area contributed by atoms with Crippen molar-refractivity contribution in [2.75, 3.05) is 0 Å². The number of rotatable bonds is 3. The second-order valence-electron chi connectivity index (χ2n) is 3.86. The van der Waals surface area contributed by atoms with Gasteiger partial charge < -0.3 is 14.8 Å². The van der Waals surface area contributed by atoms with Crippen LogP contribution in [0.15, 0.2) is 24.4 Å². The molecular formula is C12H13NO3. The van der Waals surface area contributed by atoms with Crippen LogP contribution in [0.5, 0.6) is 5.75 Å². The molecule has 0 unspecified atom stereocenters. The Labute approximate surface area is 92.7 Å². The lowest BCUT2D eigenvalue weighted by Gasteiger charge is -1.97. The van der Waals surface area contributed by atoms with Crippen LogP contribution in [0.1, 0.15) is 12.0 Å². The van der Waals surface area contributed by atoms with Crippen molar-refractivity contribution in [2.24, 2.45) is 7.05 Å². The first-order valence-corrected chi connectivity index (χ1v) is 5.06. The number of aliphatic carboxylic acids is 1. The van der Waals surface area contributed by atoms with E-state index in [1.807, 2.05) is 23.9 Å². The molecule has 0 aliphatic rings. The van der Waals surface area contributed by atoms with Crippen LogP contribution in [-0.2, 0) is 18.3 Å². The molecule has 0 bridgehead atoms. The summed E-state index contributed by atoms with van der Waals surface area (Å²) in [6.07, 6.45) is 2.50. The maximum absolute atomic E-state index is 10.5. The Kier molecular flexibility index (Phi) is 2.56. The maximum Gasteiger partial charge on any atom is 0.303 e. The fourth-order valence-electron chi connectivity index (χ4n) is 1.90. The summed E-state index contributed by atoms with van der Waals surface area (Å²) in [6, 6.07) is 5.13. The maximum atomic E-state index is 10.5. The first-order valence-electron chi connectivity index (χ1n) is 5.06. The molecule has 4 heteroatoms. The van der Waals surface area contributed by atoms with Crippen LogP contribution in [0, 0.1) is 0 Å². The van der Waals surface area contributed by atoms with E-state index >= 15 is 0 Å². The van der Waals surface area contributed by atoms with E-state index < -0.39 is 5.97 Å². The van der Waals surface area contributed by atoms with Crippen molar-refractivity contribution in [1.82, 2.24) is 4.57 Å². The van der Waals surface area contributed by atoms with Crippen LogP contribution in [0.25, 0.3) is 10.9 Å². The molecule has 16 heavy (non-hydrogen) atoms. The van der Waals surface area contributed by atoms with E-state index in [9.17, 15) is 9.90 Å². The number of aromatic hydroxyl groups is 1. The number of phenolic OH excluding ortho intramolecular Hbond substituents is 1. The van der Waals surface area contributed by atoms with Gasteiger partial charge in [0.25, 0.3) is 0 Å². The normalized spacial score (nSPS) is 10.8. The molecule has 1 heterocycles.